The maximum absolute atomic E-state index is 4.85. The summed E-state index contributed by atoms with van der Waals surface area (Å²) in [6.45, 7) is 5.32. The fourth-order valence-corrected chi connectivity index (χ4v) is 4.15. The highest BCUT2D eigenvalue weighted by Crippen LogP contribution is 2.28. The maximum atomic E-state index is 4.85. The van der Waals surface area contributed by atoms with Gasteiger partial charge in [0, 0.05) is 37.6 Å². The first kappa shape index (κ1) is 16.4. The number of likely N-dealkylation sites (tertiary alicyclic amines) is 1. The van der Waals surface area contributed by atoms with Crippen molar-refractivity contribution >= 4 is 11.3 Å². The number of imidazole rings is 1. The Kier molecular flexibility index (Phi) is 4.63. The van der Waals surface area contributed by atoms with Crippen molar-refractivity contribution in [1.82, 2.24) is 24.4 Å². The monoisotopic (exact) mass is 353 g/mol. The molecule has 130 valence electrons. The minimum absolute atomic E-state index is 0.442. The molecular weight excluding hydrogens is 330 g/mol. The van der Waals surface area contributed by atoms with Crippen molar-refractivity contribution in [2.45, 2.75) is 32.2 Å². The van der Waals surface area contributed by atoms with Gasteiger partial charge in [-0.2, -0.15) is 11.3 Å². The predicted molar refractivity (Wildman–Crippen MR) is 101 cm³/mol. The van der Waals surface area contributed by atoms with Crippen molar-refractivity contribution in [1.29, 1.82) is 0 Å². The van der Waals surface area contributed by atoms with Gasteiger partial charge in [-0.25, -0.2) is 15.0 Å². The number of aryl methyl sites for hydroxylation is 2. The number of hydrogen-bond acceptors (Lipinski definition) is 5. The Labute approximate surface area is 152 Å². The van der Waals surface area contributed by atoms with Crippen molar-refractivity contribution in [2.24, 2.45) is 7.05 Å². The topological polar surface area (TPSA) is 46.8 Å². The van der Waals surface area contributed by atoms with Crippen LogP contribution in [0.1, 0.15) is 35.8 Å². The maximum Gasteiger partial charge on any atom is 0.158 e. The van der Waals surface area contributed by atoms with Crippen LogP contribution in [0.15, 0.2) is 35.3 Å². The molecule has 0 unspecified atom stereocenters. The first-order chi connectivity index (χ1) is 12.2. The van der Waals surface area contributed by atoms with E-state index in [-0.39, 0.29) is 0 Å². The lowest BCUT2D eigenvalue weighted by Gasteiger charge is -2.31. The minimum Gasteiger partial charge on any atom is -0.333 e. The van der Waals surface area contributed by atoms with E-state index in [0.717, 1.165) is 55.5 Å². The first-order valence-electron chi connectivity index (χ1n) is 8.76. The van der Waals surface area contributed by atoms with Gasteiger partial charge >= 0.3 is 0 Å². The Morgan fingerprint density at radius 1 is 1.24 bits per heavy atom. The average Bonchev–Trinajstić information content (AvgIpc) is 3.26. The summed E-state index contributed by atoms with van der Waals surface area (Å²) in [5, 5.41) is 4.40. The smallest absolute Gasteiger partial charge is 0.158 e. The summed E-state index contributed by atoms with van der Waals surface area (Å²) in [7, 11) is 2.00. The summed E-state index contributed by atoms with van der Waals surface area (Å²) in [5.74, 6) is 2.33. The van der Waals surface area contributed by atoms with Crippen LogP contribution in [0.25, 0.3) is 11.5 Å². The molecule has 0 N–H and O–H groups in total. The van der Waals surface area contributed by atoms with Crippen LogP contribution in [0.4, 0.5) is 0 Å². The average molecular weight is 353 g/mol. The molecule has 0 bridgehead atoms. The zero-order chi connectivity index (χ0) is 17.2. The molecule has 6 heteroatoms. The molecule has 0 atom stereocenters. The van der Waals surface area contributed by atoms with Gasteiger partial charge in [0.25, 0.3) is 0 Å². The highest BCUT2D eigenvalue weighted by molar-refractivity contribution is 7.07. The molecule has 4 heterocycles. The van der Waals surface area contributed by atoms with E-state index < -0.39 is 0 Å². The Hall–Kier alpha value is -2.05. The molecule has 0 amide bonds. The van der Waals surface area contributed by atoms with Gasteiger partial charge in [0.15, 0.2) is 5.82 Å². The van der Waals surface area contributed by atoms with Crippen LogP contribution in [-0.4, -0.2) is 37.5 Å². The quantitative estimate of drug-likeness (QED) is 0.719. The molecule has 3 aromatic heterocycles. The van der Waals surface area contributed by atoms with E-state index in [4.69, 9.17) is 9.97 Å². The molecular formula is C19H23N5S. The summed E-state index contributed by atoms with van der Waals surface area (Å²) >= 11 is 1.77. The first-order valence-corrected chi connectivity index (χ1v) is 9.70. The van der Waals surface area contributed by atoms with Gasteiger partial charge in [-0.05, 0) is 61.3 Å². The molecule has 1 aliphatic rings. The summed E-state index contributed by atoms with van der Waals surface area (Å²) in [5.41, 5.74) is 3.37. The molecule has 5 nitrogen and oxygen atoms in total. The van der Waals surface area contributed by atoms with E-state index in [1.165, 1.54) is 5.56 Å². The SMILES string of the molecule is Cc1cc(-c2nccn2C)nc(C2CCN(Cc3ccsc3)CC2)n1. The molecule has 25 heavy (non-hydrogen) atoms. The van der Waals surface area contributed by atoms with E-state index >= 15 is 0 Å². The zero-order valence-electron chi connectivity index (χ0n) is 14.7. The Morgan fingerprint density at radius 3 is 2.76 bits per heavy atom. The van der Waals surface area contributed by atoms with Crippen LogP contribution >= 0.6 is 11.3 Å². The molecule has 1 saturated heterocycles. The van der Waals surface area contributed by atoms with Crippen LogP contribution in [0.5, 0.6) is 0 Å². The number of piperidine rings is 1. The lowest BCUT2D eigenvalue weighted by molar-refractivity contribution is 0.202. The predicted octanol–water partition coefficient (Wildman–Crippen LogP) is 3.63. The highest BCUT2D eigenvalue weighted by atomic mass is 32.1. The van der Waals surface area contributed by atoms with Gasteiger partial charge in [0.05, 0.1) is 0 Å². The lowest BCUT2D eigenvalue weighted by atomic mass is 9.95. The normalized spacial score (nSPS) is 16.4. The molecule has 0 aromatic carbocycles. The van der Waals surface area contributed by atoms with Gasteiger partial charge in [0.2, 0.25) is 0 Å². The summed E-state index contributed by atoms with van der Waals surface area (Å²) < 4.78 is 2.01. The van der Waals surface area contributed by atoms with Gasteiger partial charge in [-0.3, -0.25) is 4.90 Å². The van der Waals surface area contributed by atoms with E-state index in [9.17, 15) is 0 Å². The molecule has 0 aliphatic carbocycles. The number of nitrogens with zero attached hydrogens (tertiary/aromatic N) is 5. The molecule has 4 rings (SSSR count). The van der Waals surface area contributed by atoms with Crippen LogP contribution in [0.2, 0.25) is 0 Å². The molecule has 1 aliphatic heterocycles. The molecule has 0 spiro atoms. The Morgan fingerprint density at radius 2 is 2.08 bits per heavy atom. The fraction of sp³-hybridized carbons (Fsp3) is 0.421. The number of hydrogen-bond donors (Lipinski definition) is 0. The zero-order valence-corrected chi connectivity index (χ0v) is 15.5. The lowest BCUT2D eigenvalue weighted by Crippen LogP contribution is -2.33. The van der Waals surface area contributed by atoms with Crippen LogP contribution in [0.3, 0.4) is 0 Å². The Bertz CT molecular complexity index is 831. The summed E-state index contributed by atoms with van der Waals surface area (Å²) in [6, 6.07) is 4.25. The van der Waals surface area contributed by atoms with E-state index in [1.54, 1.807) is 11.3 Å². The summed E-state index contributed by atoms with van der Waals surface area (Å²) in [4.78, 5) is 16.6. The highest BCUT2D eigenvalue weighted by Gasteiger charge is 2.24. The van der Waals surface area contributed by atoms with Gasteiger partial charge < -0.3 is 4.57 Å². The molecule has 3 aromatic rings. The van der Waals surface area contributed by atoms with Gasteiger partial charge in [-0.1, -0.05) is 0 Å². The second-order valence-electron chi connectivity index (χ2n) is 6.80. The van der Waals surface area contributed by atoms with E-state index in [2.05, 4.69) is 26.7 Å². The van der Waals surface area contributed by atoms with E-state index in [1.807, 2.05) is 37.0 Å². The number of rotatable bonds is 4. The third kappa shape index (κ3) is 3.65. The fourth-order valence-electron chi connectivity index (χ4n) is 3.49. The van der Waals surface area contributed by atoms with Crippen LogP contribution in [-0.2, 0) is 13.6 Å². The van der Waals surface area contributed by atoms with Gasteiger partial charge in [-0.15, -0.1) is 0 Å². The second-order valence-corrected chi connectivity index (χ2v) is 7.58. The third-order valence-corrected chi connectivity index (χ3v) is 5.59. The number of thiophene rings is 1. The molecule has 0 saturated carbocycles. The van der Waals surface area contributed by atoms with Gasteiger partial charge in [0.1, 0.15) is 11.5 Å². The molecule has 1 fully saturated rings. The van der Waals surface area contributed by atoms with Crippen LogP contribution < -0.4 is 0 Å². The van der Waals surface area contributed by atoms with Crippen molar-refractivity contribution < 1.29 is 0 Å². The number of aromatic nitrogens is 4. The summed E-state index contributed by atoms with van der Waals surface area (Å²) in [6.07, 6.45) is 6.01. The second kappa shape index (κ2) is 7.06. The minimum atomic E-state index is 0.442. The van der Waals surface area contributed by atoms with Crippen LogP contribution in [0, 0.1) is 6.92 Å². The van der Waals surface area contributed by atoms with Crippen molar-refractivity contribution in [2.75, 3.05) is 13.1 Å². The Balaban J connectivity index is 1.48. The van der Waals surface area contributed by atoms with Crippen molar-refractivity contribution in [3.05, 3.63) is 52.4 Å². The molecule has 0 radical (unpaired) electrons. The largest absolute Gasteiger partial charge is 0.333 e. The third-order valence-electron chi connectivity index (χ3n) is 4.86. The van der Waals surface area contributed by atoms with Crippen molar-refractivity contribution in [3.8, 4) is 11.5 Å². The van der Waals surface area contributed by atoms with Crippen molar-refractivity contribution in [3.63, 3.8) is 0 Å². The standard InChI is InChI=1S/C19H23N5S/c1-14-11-17(19-20-6-9-23(19)2)22-18(21-14)16-3-7-24(8-4-16)12-15-5-10-25-13-15/h5-6,9-11,13,16H,3-4,7-8,12H2,1-2H3. The van der Waals surface area contributed by atoms with E-state index in [0.29, 0.717) is 5.92 Å².